The monoisotopic (exact) mass is 407 g/mol. The van der Waals surface area contributed by atoms with E-state index in [1.165, 1.54) is 23.9 Å². The Hall–Kier alpha value is -0.520. The normalized spacial score (nSPS) is 12.4. The van der Waals surface area contributed by atoms with Crippen molar-refractivity contribution in [2.45, 2.75) is 34.2 Å². The molecule has 0 aliphatic rings. The Balaban J connectivity index is 2.67. The molecule has 0 unspecified atom stereocenters. The number of halogens is 3. The van der Waals surface area contributed by atoms with Crippen LogP contribution in [0, 0.1) is 11.2 Å². The van der Waals surface area contributed by atoms with Gasteiger partial charge in [0.2, 0.25) is 0 Å². The summed E-state index contributed by atoms with van der Waals surface area (Å²) < 4.78 is 13.8. The summed E-state index contributed by atoms with van der Waals surface area (Å²) in [6, 6.07) is 2.81. The highest BCUT2D eigenvalue weighted by atomic mass is 79.9. The van der Waals surface area contributed by atoms with Crippen molar-refractivity contribution >= 4 is 45.2 Å². The number of carbonyl (C=O) groups excluding carboxylic acids is 1. The van der Waals surface area contributed by atoms with Crippen LogP contribution in [-0.2, 0) is 11.3 Å². The molecule has 2 nitrogen and oxygen atoms in total. The third-order valence-corrected chi connectivity index (χ3v) is 5.38. The molecular weight excluding hydrogens is 389 g/mol. The first kappa shape index (κ1) is 19.5. The first-order valence-corrected chi connectivity index (χ1v) is 9.00. The predicted molar refractivity (Wildman–Crippen MR) is 96.6 cm³/mol. The molecule has 0 radical (unpaired) electrons. The molecule has 1 N–H and O–H groups in total. The van der Waals surface area contributed by atoms with E-state index in [4.69, 9.17) is 11.6 Å². The van der Waals surface area contributed by atoms with Gasteiger partial charge < -0.3 is 5.32 Å². The molecule has 122 valence electrons. The standard InChI is InChI=1S/C16H20BrClFNOS/c1-5-14(22-9-16(2,3)4)15(21)20-8-10-6-13(19)11(17)7-12(10)18/h5-7H,8-9H2,1-4H3,(H,20,21)/b14-5-. The molecule has 0 bridgehead atoms. The molecule has 0 spiro atoms. The summed E-state index contributed by atoms with van der Waals surface area (Å²) in [4.78, 5) is 12.8. The van der Waals surface area contributed by atoms with Crippen LogP contribution < -0.4 is 5.32 Å². The number of benzene rings is 1. The number of carbonyl (C=O) groups is 1. The fourth-order valence-electron chi connectivity index (χ4n) is 1.54. The van der Waals surface area contributed by atoms with E-state index >= 15 is 0 Å². The molecule has 0 fully saturated rings. The second kappa shape index (κ2) is 8.37. The zero-order chi connectivity index (χ0) is 16.9. The van der Waals surface area contributed by atoms with Crippen LogP contribution in [-0.4, -0.2) is 11.7 Å². The summed E-state index contributed by atoms with van der Waals surface area (Å²) in [5.74, 6) is 0.270. The summed E-state index contributed by atoms with van der Waals surface area (Å²) in [6.45, 7) is 8.38. The number of nitrogens with one attached hydrogen (secondary N) is 1. The molecule has 0 aromatic heterocycles. The third kappa shape index (κ3) is 6.31. The van der Waals surface area contributed by atoms with Gasteiger partial charge in [0, 0.05) is 17.3 Å². The predicted octanol–water partition coefficient (Wildman–Crippen LogP) is 5.54. The maximum Gasteiger partial charge on any atom is 0.257 e. The summed E-state index contributed by atoms with van der Waals surface area (Å²) >= 11 is 10.6. The van der Waals surface area contributed by atoms with Crippen molar-refractivity contribution in [3.63, 3.8) is 0 Å². The summed E-state index contributed by atoms with van der Waals surface area (Å²) in [7, 11) is 0. The molecule has 0 saturated heterocycles. The van der Waals surface area contributed by atoms with Gasteiger partial charge in [0.15, 0.2) is 0 Å². The smallest absolute Gasteiger partial charge is 0.257 e. The zero-order valence-corrected chi connectivity index (χ0v) is 16.3. The first-order chi connectivity index (χ1) is 10.1. The van der Waals surface area contributed by atoms with E-state index in [9.17, 15) is 9.18 Å². The molecule has 0 heterocycles. The van der Waals surface area contributed by atoms with Gasteiger partial charge in [-0.3, -0.25) is 4.79 Å². The van der Waals surface area contributed by atoms with Gasteiger partial charge in [-0.05, 0) is 46.0 Å². The van der Waals surface area contributed by atoms with E-state index < -0.39 is 5.82 Å². The SMILES string of the molecule is C/C=C(\SCC(C)(C)C)C(=O)NCc1cc(F)c(Br)cc1Cl. The van der Waals surface area contributed by atoms with Crippen LogP contribution in [0.2, 0.25) is 5.02 Å². The van der Waals surface area contributed by atoms with Crippen molar-refractivity contribution in [3.8, 4) is 0 Å². The fraction of sp³-hybridized carbons (Fsp3) is 0.438. The van der Waals surface area contributed by atoms with Crippen molar-refractivity contribution < 1.29 is 9.18 Å². The molecule has 1 amide bonds. The first-order valence-electron chi connectivity index (χ1n) is 6.85. The summed E-state index contributed by atoms with van der Waals surface area (Å²) in [6.07, 6.45) is 1.79. The number of rotatable bonds is 5. The van der Waals surface area contributed by atoms with Gasteiger partial charge >= 0.3 is 0 Å². The van der Waals surface area contributed by atoms with E-state index in [0.717, 1.165) is 5.75 Å². The highest BCUT2D eigenvalue weighted by Gasteiger charge is 2.16. The Morgan fingerprint density at radius 3 is 2.64 bits per heavy atom. The van der Waals surface area contributed by atoms with Crippen molar-refractivity contribution in [1.82, 2.24) is 5.32 Å². The van der Waals surface area contributed by atoms with Crippen LogP contribution in [0.1, 0.15) is 33.3 Å². The maximum absolute atomic E-state index is 13.5. The Morgan fingerprint density at radius 2 is 2.09 bits per heavy atom. The van der Waals surface area contributed by atoms with Crippen LogP contribution in [0.25, 0.3) is 0 Å². The van der Waals surface area contributed by atoms with Crippen LogP contribution in [0.3, 0.4) is 0 Å². The Labute approximate surface area is 149 Å². The summed E-state index contributed by atoms with van der Waals surface area (Å²) in [5.41, 5.74) is 0.684. The minimum atomic E-state index is -0.401. The Bertz CT molecular complexity index is 584. The molecule has 0 aliphatic carbocycles. The quantitative estimate of drug-likeness (QED) is 0.512. The summed E-state index contributed by atoms with van der Waals surface area (Å²) in [5, 5.41) is 3.19. The van der Waals surface area contributed by atoms with Crippen LogP contribution in [0.4, 0.5) is 4.39 Å². The second-order valence-electron chi connectivity index (χ2n) is 6.04. The van der Waals surface area contributed by atoms with Gasteiger partial charge in [-0.15, -0.1) is 11.8 Å². The highest BCUT2D eigenvalue weighted by Crippen LogP contribution is 2.27. The average Bonchev–Trinajstić information content (AvgIpc) is 2.40. The fourth-order valence-corrected chi connectivity index (χ4v) is 3.20. The van der Waals surface area contributed by atoms with E-state index in [0.29, 0.717) is 20.0 Å². The topological polar surface area (TPSA) is 29.1 Å². The van der Waals surface area contributed by atoms with Crippen molar-refractivity contribution in [1.29, 1.82) is 0 Å². The number of amides is 1. The number of hydrogen-bond donors (Lipinski definition) is 1. The molecular formula is C16H20BrClFNOS. The molecule has 22 heavy (non-hydrogen) atoms. The molecule has 0 aliphatic heterocycles. The van der Waals surface area contributed by atoms with Gasteiger partial charge in [-0.1, -0.05) is 38.4 Å². The maximum atomic E-state index is 13.5. The largest absolute Gasteiger partial charge is 0.347 e. The number of hydrogen-bond acceptors (Lipinski definition) is 2. The lowest BCUT2D eigenvalue weighted by atomic mass is 10.0. The lowest BCUT2D eigenvalue weighted by Crippen LogP contribution is -2.24. The van der Waals surface area contributed by atoms with Crippen LogP contribution in [0.5, 0.6) is 0 Å². The van der Waals surface area contributed by atoms with Crippen molar-refractivity contribution in [2.75, 3.05) is 5.75 Å². The highest BCUT2D eigenvalue weighted by molar-refractivity contribution is 9.10. The minimum absolute atomic E-state index is 0.136. The van der Waals surface area contributed by atoms with Crippen molar-refractivity contribution in [2.24, 2.45) is 5.41 Å². The molecule has 0 saturated carbocycles. The van der Waals surface area contributed by atoms with E-state index in [-0.39, 0.29) is 17.9 Å². The Kier molecular flexibility index (Phi) is 7.42. The van der Waals surface area contributed by atoms with Gasteiger partial charge in [-0.2, -0.15) is 0 Å². The molecule has 0 atom stereocenters. The molecule has 1 aromatic carbocycles. The van der Waals surface area contributed by atoms with E-state index in [1.54, 1.807) is 6.08 Å². The molecule has 6 heteroatoms. The van der Waals surface area contributed by atoms with Crippen LogP contribution >= 0.6 is 39.3 Å². The lowest BCUT2D eigenvalue weighted by Gasteiger charge is -2.18. The minimum Gasteiger partial charge on any atom is -0.347 e. The van der Waals surface area contributed by atoms with Gasteiger partial charge in [0.1, 0.15) is 5.82 Å². The van der Waals surface area contributed by atoms with Crippen LogP contribution in [0.15, 0.2) is 27.6 Å². The lowest BCUT2D eigenvalue weighted by molar-refractivity contribution is -0.116. The second-order valence-corrected chi connectivity index (χ2v) is 8.32. The zero-order valence-electron chi connectivity index (χ0n) is 13.1. The number of allylic oxidation sites excluding steroid dienone is 1. The molecule has 1 aromatic rings. The van der Waals surface area contributed by atoms with E-state index in [1.807, 2.05) is 6.92 Å². The Morgan fingerprint density at radius 1 is 1.45 bits per heavy atom. The van der Waals surface area contributed by atoms with Crippen molar-refractivity contribution in [3.05, 3.63) is 44.0 Å². The van der Waals surface area contributed by atoms with E-state index in [2.05, 4.69) is 42.0 Å². The van der Waals surface area contributed by atoms with Gasteiger partial charge in [0.25, 0.3) is 5.91 Å². The number of thioether (sulfide) groups is 1. The molecule has 1 rings (SSSR count). The third-order valence-electron chi connectivity index (χ3n) is 2.68. The average molecular weight is 409 g/mol. The van der Waals surface area contributed by atoms with Gasteiger partial charge in [0.05, 0.1) is 9.38 Å². The van der Waals surface area contributed by atoms with Gasteiger partial charge in [-0.25, -0.2) is 4.39 Å².